The van der Waals surface area contributed by atoms with Crippen LogP contribution in [-0.4, -0.2) is 79.7 Å². The van der Waals surface area contributed by atoms with Crippen molar-refractivity contribution < 1.29 is 9.59 Å². The van der Waals surface area contributed by atoms with Gasteiger partial charge in [-0.2, -0.15) is 4.98 Å². The smallest absolute Gasteiger partial charge is 0.253 e. The van der Waals surface area contributed by atoms with Crippen molar-refractivity contribution >= 4 is 35.0 Å². The molecule has 0 radical (unpaired) electrons. The summed E-state index contributed by atoms with van der Waals surface area (Å²) < 4.78 is 1.59. The van der Waals surface area contributed by atoms with E-state index in [1.165, 1.54) is 11.8 Å². The zero-order chi connectivity index (χ0) is 21.6. The lowest BCUT2D eigenvalue weighted by Gasteiger charge is -2.34. The number of hydrogen-bond donors (Lipinski definition) is 1. The van der Waals surface area contributed by atoms with E-state index in [4.69, 9.17) is 0 Å². The van der Waals surface area contributed by atoms with E-state index in [0.717, 1.165) is 17.7 Å². The third-order valence-electron chi connectivity index (χ3n) is 5.19. The molecule has 1 fully saturated rings. The number of hydrogen-bond acceptors (Lipinski definition) is 7. The van der Waals surface area contributed by atoms with E-state index in [1.807, 2.05) is 29.2 Å². The van der Waals surface area contributed by atoms with Crippen molar-refractivity contribution in [2.24, 2.45) is 0 Å². The summed E-state index contributed by atoms with van der Waals surface area (Å²) >= 11 is 1.31. The van der Waals surface area contributed by atoms with Crippen LogP contribution in [0.25, 0.3) is 5.78 Å². The van der Waals surface area contributed by atoms with Gasteiger partial charge in [-0.1, -0.05) is 36.9 Å². The Morgan fingerprint density at radius 3 is 2.71 bits per heavy atom. The van der Waals surface area contributed by atoms with Crippen molar-refractivity contribution in [3.63, 3.8) is 0 Å². The Morgan fingerprint density at radius 2 is 1.94 bits per heavy atom. The minimum atomic E-state index is -0.0252. The molecule has 2 amide bonds. The molecule has 1 saturated heterocycles. The molecule has 1 aliphatic rings. The van der Waals surface area contributed by atoms with Gasteiger partial charge in [0.15, 0.2) is 0 Å². The average Bonchev–Trinajstić information content (AvgIpc) is 3.21. The first-order chi connectivity index (χ1) is 15.1. The molecule has 0 atom stereocenters. The Morgan fingerprint density at radius 1 is 1.13 bits per heavy atom. The van der Waals surface area contributed by atoms with Crippen molar-refractivity contribution in [2.75, 3.05) is 43.8 Å². The highest BCUT2D eigenvalue weighted by molar-refractivity contribution is 7.99. The highest BCUT2D eigenvalue weighted by Crippen LogP contribution is 2.16. The molecule has 10 heteroatoms. The fraction of sp³-hybridized carbons (Fsp3) is 0.381. The third kappa shape index (κ3) is 5.39. The van der Waals surface area contributed by atoms with E-state index in [1.54, 1.807) is 23.0 Å². The maximum atomic E-state index is 12.6. The summed E-state index contributed by atoms with van der Waals surface area (Å²) in [6.07, 6.45) is 4.31. The summed E-state index contributed by atoms with van der Waals surface area (Å²) in [7, 11) is 0. The largest absolute Gasteiger partial charge is 0.339 e. The topological polar surface area (TPSA) is 95.7 Å². The van der Waals surface area contributed by atoms with Gasteiger partial charge in [0, 0.05) is 44.3 Å². The Balaban J connectivity index is 1.21. The molecule has 1 N–H and O–H groups in total. The van der Waals surface area contributed by atoms with Crippen LogP contribution in [0, 0.1) is 0 Å². The lowest BCUT2D eigenvalue weighted by Crippen LogP contribution is -2.50. The molecule has 2 aromatic heterocycles. The number of thioether (sulfide) groups is 1. The summed E-state index contributed by atoms with van der Waals surface area (Å²) in [5, 5.41) is 7.85. The minimum Gasteiger partial charge on any atom is -0.339 e. The molecule has 3 aromatic rings. The van der Waals surface area contributed by atoms with Gasteiger partial charge in [0.25, 0.3) is 5.78 Å². The Kier molecular flexibility index (Phi) is 6.78. The predicted octanol–water partition coefficient (Wildman–Crippen LogP) is 1.56. The lowest BCUT2D eigenvalue weighted by molar-refractivity contribution is -0.130. The third-order valence-corrected chi connectivity index (χ3v) is 6.01. The fourth-order valence-electron chi connectivity index (χ4n) is 3.49. The van der Waals surface area contributed by atoms with Crippen LogP contribution >= 0.6 is 11.8 Å². The first-order valence-electron chi connectivity index (χ1n) is 10.3. The summed E-state index contributed by atoms with van der Waals surface area (Å²) in [6, 6.07) is 9.64. The Bertz CT molecular complexity index is 1030. The number of fused-ring (bicyclic) bond motifs is 1. The lowest BCUT2D eigenvalue weighted by atomic mass is 10.1. The molecule has 1 aliphatic heterocycles. The summed E-state index contributed by atoms with van der Waals surface area (Å²) in [5.41, 5.74) is 2.00. The second kappa shape index (κ2) is 9.88. The Hall–Kier alpha value is -2.98. The van der Waals surface area contributed by atoms with Gasteiger partial charge in [-0.25, -0.2) is 9.50 Å². The average molecular weight is 440 g/mol. The molecule has 3 heterocycles. The van der Waals surface area contributed by atoms with E-state index in [-0.39, 0.29) is 17.6 Å². The molecule has 1 aromatic carbocycles. The number of para-hydroxylation sites is 1. The molecule has 0 aliphatic carbocycles. The van der Waals surface area contributed by atoms with Crippen LogP contribution in [0.5, 0.6) is 0 Å². The van der Waals surface area contributed by atoms with Gasteiger partial charge < -0.3 is 10.2 Å². The van der Waals surface area contributed by atoms with Crippen molar-refractivity contribution in [1.29, 1.82) is 0 Å². The summed E-state index contributed by atoms with van der Waals surface area (Å²) in [5.74, 6) is 0.831. The summed E-state index contributed by atoms with van der Waals surface area (Å²) in [6.45, 7) is 4.97. The number of piperazine rings is 1. The van der Waals surface area contributed by atoms with Crippen LogP contribution in [-0.2, 0) is 16.0 Å². The van der Waals surface area contributed by atoms with Gasteiger partial charge in [0.2, 0.25) is 17.0 Å². The van der Waals surface area contributed by atoms with Crippen LogP contribution in [0.4, 0.5) is 5.69 Å². The van der Waals surface area contributed by atoms with Crippen molar-refractivity contribution in [3.05, 3.63) is 48.3 Å². The van der Waals surface area contributed by atoms with Crippen LogP contribution in [0.15, 0.2) is 47.9 Å². The molecule has 0 bridgehead atoms. The Labute approximate surface area is 184 Å². The highest BCUT2D eigenvalue weighted by Gasteiger charge is 2.23. The van der Waals surface area contributed by atoms with Gasteiger partial charge in [-0.15, -0.1) is 5.10 Å². The van der Waals surface area contributed by atoms with Crippen molar-refractivity contribution in [3.8, 4) is 0 Å². The van der Waals surface area contributed by atoms with Gasteiger partial charge in [0.1, 0.15) is 0 Å². The second-order valence-corrected chi connectivity index (χ2v) is 8.21. The standard InChI is InChI=1S/C21H25N7O2S/c1-2-16-6-3-4-7-17(16)23-18(29)14-26-10-12-27(13-11-26)19(30)15-31-21-24-20-22-8-5-9-28(20)25-21/h3-9H,2,10-15H2,1H3,(H,23,29). The maximum absolute atomic E-state index is 12.6. The quantitative estimate of drug-likeness (QED) is 0.558. The zero-order valence-corrected chi connectivity index (χ0v) is 18.2. The molecular weight excluding hydrogens is 414 g/mol. The van der Waals surface area contributed by atoms with E-state index < -0.39 is 0 Å². The second-order valence-electron chi connectivity index (χ2n) is 7.26. The first-order valence-corrected chi connectivity index (χ1v) is 11.3. The number of aryl methyl sites for hydroxylation is 1. The van der Waals surface area contributed by atoms with E-state index in [9.17, 15) is 9.59 Å². The van der Waals surface area contributed by atoms with Gasteiger partial charge >= 0.3 is 0 Å². The monoisotopic (exact) mass is 439 g/mol. The van der Waals surface area contributed by atoms with Crippen LogP contribution in [0.1, 0.15) is 12.5 Å². The van der Waals surface area contributed by atoms with Crippen molar-refractivity contribution in [2.45, 2.75) is 18.5 Å². The number of amides is 2. The maximum Gasteiger partial charge on any atom is 0.253 e. The minimum absolute atomic E-state index is 0.0252. The first kappa shape index (κ1) is 21.3. The van der Waals surface area contributed by atoms with Crippen LogP contribution in [0.3, 0.4) is 0 Å². The normalized spacial score (nSPS) is 14.7. The molecule has 0 saturated carbocycles. The van der Waals surface area contributed by atoms with Gasteiger partial charge in [-0.3, -0.25) is 14.5 Å². The van der Waals surface area contributed by atoms with Crippen LogP contribution < -0.4 is 5.32 Å². The van der Waals surface area contributed by atoms with Crippen molar-refractivity contribution in [1.82, 2.24) is 29.4 Å². The van der Waals surface area contributed by atoms with E-state index in [0.29, 0.717) is 43.7 Å². The molecule has 9 nitrogen and oxygen atoms in total. The van der Waals surface area contributed by atoms with E-state index >= 15 is 0 Å². The van der Waals surface area contributed by atoms with E-state index in [2.05, 4.69) is 32.2 Å². The number of carbonyl (C=O) groups excluding carboxylic acids is 2. The number of benzene rings is 1. The number of aromatic nitrogens is 4. The SMILES string of the molecule is CCc1ccccc1NC(=O)CN1CCN(C(=O)CSc2nc3ncccn3n2)CC1. The van der Waals surface area contributed by atoms with Gasteiger partial charge in [-0.05, 0) is 24.1 Å². The number of carbonyl (C=O) groups is 2. The van der Waals surface area contributed by atoms with Gasteiger partial charge in [0.05, 0.1) is 12.3 Å². The highest BCUT2D eigenvalue weighted by atomic mass is 32.2. The predicted molar refractivity (Wildman–Crippen MR) is 119 cm³/mol. The number of rotatable bonds is 7. The molecule has 162 valence electrons. The van der Waals surface area contributed by atoms with Crippen LogP contribution in [0.2, 0.25) is 0 Å². The molecule has 0 unspecified atom stereocenters. The molecular formula is C21H25N7O2S. The number of nitrogens with one attached hydrogen (secondary N) is 1. The molecule has 4 rings (SSSR count). The molecule has 0 spiro atoms. The molecule has 31 heavy (non-hydrogen) atoms. The fourth-order valence-corrected chi connectivity index (χ4v) is 4.22. The number of anilines is 1. The summed E-state index contributed by atoms with van der Waals surface area (Å²) in [4.78, 5) is 37.3. The zero-order valence-electron chi connectivity index (χ0n) is 17.4. The number of nitrogens with zero attached hydrogens (tertiary/aromatic N) is 6.